The summed E-state index contributed by atoms with van der Waals surface area (Å²) in [6.45, 7) is 0.857. The van der Waals surface area contributed by atoms with Crippen molar-refractivity contribution >= 4 is 11.8 Å². The second kappa shape index (κ2) is 5.67. The number of ether oxygens (including phenoxy) is 1. The van der Waals surface area contributed by atoms with Crippen LogP contribution in [0.5, 0.6) is 0 Å². The van der Waals surface area contributed by atoms with Gasteiger partial charge in [-0.25, -0.2) is 0 Å². The number of primary amides is 1. The molecule has 0 aromatic heterocycles. The highest BCUT2D eigenvalue weighted by Crippen LogP contribution is 2.24. The maximum Gasteiger partial charge on any atom is 0.227 e. The number of rotatable bonds is 3. The molecular formula is C12H21N3O3. The maximum absolute atomic E-state index is 12.0. The lowest BCUT2D eigenvalue weighted by atomic mass is 9.85. The van der Waals surface area contributed by atoms with Gasteiger partial charge in [0, 0.05) is 18.0 Å². The predicted octanol–water partition coefficient (Wildman–Crippen LogP) is -0.880. The fourth-order valence-electron chi connectivity index (χ4n) is 2.67. The van der Waals surface area contributed by atoms with E-state index in [-0.39, 0.29) is 35.7 Å². The van der Waals surface area contributed by atoms with Crippen molar-refractivity contribution in [2.45, 2.75) is 37.8 Å². The molecule has 1 aliphatic carbocycles. The van der Waals surface area contributed by atoms with E-state index in [1.165, 1.54) is 0 Å². The minimum Gasteiger partial charge on any atom is -0.379 e. The van der Waals surface area contributed by atoms with Crippen LogP contribution in [0.25, 0.3) is 0 Å². The average molecular weight is 255 g/mol. The first kappa shape index (κ1) is 13.3. The molecule has 18 heavy (non-hydrogen) atoms. The lowest BCUT2D eigenvalue weighted by molar-refractivity contribution is -0.126. The Kier molecular flexibility index (Phi) is 4.19. The van der Waals surface area contributed by atoms with Gasteiger partial charge in [-0.15, -0.1) is 0 Å². The van der Waals surface area contributed by atoms with Crippen LogP contribution >= 0.6 is 0 Å². The molecule has 2 rings (SSSR count). The highest BCUT2D eigenvalue weighted by Gasteiger charge is 2.33. The minimum absolute atomic E-state index is 0.0254. The first-order valence-electron chi connectivity index (χ1n) is 6.51. The molecule has 0 bridgehead atoms. The van der Waals surface area contributed by atoms with Crippen LogP contribution in [0.2, 0.25) is 0 Å². The molecule has 6 heteroatoms. The normalized spacial score (nSPS) is 36.3. The van der Waals surface area contributed by atoms with Gasteiger partial charge in [0.1, 0.15) is 0 Å². The molecule has 1 saturated heterocycles. The SMILES string of the molecule is NC(=O)C1CCC(NC(=O)C2COCC2N)CC1. The molecule has 1 heterocycles. The molecule has 2 atom stereocenters. The van der Waals surface area contributed by atoms with Gasteiger partial charge in [0.15, 0.2) is 0 Å². The Morgan fingerprint density at radius 1 is 1.11 bits per heavy atom. The van der Waals surface area contributed by atoms with Gasteiger partial charge in [-0.05, 0) is 25.7 Å². The molecule has 1 saturated carbocycles. The van der Waals surface area contributed by atoms with Gasteiger partial charge in [0.05, 0.1) is 19.1 Å². The van der Waals surface area contributed by atoms with Crippen molar-refractivity contribution in [2.75, 3.05) is 13.2 Å². The summed E-state index contributed by atoms with van der Waals surface area (Å²) in [4.78, 5) is 23.0. The van der Waals surface area contributed by atoms with Crippen LogP contribution < -0.4 is 16.8 Å². The minimum atomic E-state index is -0.237. The molecule has 2 unspecified atom stereocenters. The van der Waals surface area contributed by atoms with Crippen LogP contribution in [0, 0.1) is 11.8 Å². The lowest BCUT2D eigenvalue weighted by Gasteiger charge is -2.28. The van der Waals surface area contributed by atoms with E-state index < -0.39 is 0 Å². The molecular weight excluding hydrogens is 234 g/mol. The molecule has 5 N–H and O–H groups in total. The van der Waals surface area contributed by atoms with E-state index >= 15 is 0 Å². The van der Waals surface area contributed by atoms with Gasteiger partial charge in [0.25, 0.3) is 0 Å². The third-order valence-electron chi connectivity index (χ3n) is 3.94. The van der Waals surface area contributed by atoms with E-state index in [9.17, 15) is 9.59 Å². The molecule has 0 radical (unpaired) electrons. The molecule has 2 amide bonds. The zero-order chi connectivity index (χ0) is 13.1. The standard InChI is InChI=1S/C12H21N3O3/c13-10-6-18-5-9(10)12(17)15-8-3-1-7(2-4-8)11(14)16/h7-10H,1-6,13H2,(H2,14,16)(H,15,17). The number of nitrogens with one attached hydrogen (secondary N) is 1. The van der Waals surface area contributed by atoms with Crippen LogP contribution in [0.15, 0.2) is 0 Å². The molecule has 2 fully saturated rings. The Hall–Kier alpha value is -1.14. The topological polar surface area (TPSA) is 107 Å². The Morgan fingerprint density at radius 3 is 2.28 bits per heavy atom. The highest BCUT2D eigenvalue weighted by molar-refractivity contribution is 5.80. The first-order chi connectivity index (χ1) is 8.58. The van der Waals surface area contributed by atoms with E-state index in [1.807, 2.05) is 0 Å². The Labute approximate surface area is 106 Å². The van der Waals surface area contributed by atoms with Gasteiger partial charge >= 0.3 is 0 Å². The number of nitrogens with two attached hydrogens (primary N) is 2. The van der Waals surface area contributed by atoms with Crippen molar-refractivity contribution in [1.82, 2.24) is 5.32 Å². The van der Waals surface area contributed by atoms with E-state index in [4.69, 9.17) is 16.2 Å². The summed E-state index contributed by atoms with van der Waals surface area (Å²) in [5.41, 5.74) is 11.1. The average Bonchev–Trinajstić information content (AvgIpc) is 2.76. The third kappa shape index (κ3) is 3.00. The van der Waals surface area contributed by atoms with E-state index in [2.05, 4.69) is 5.32 Å². The summed E-state index contributed by atoms with van der Waals surface area (Å²) < 4.78 is 5.18. The molecule has 6 nitrogen and oxygen atoms in total. The van der Waals surface area contributed by atoms with Crippen molar-refractivity contribution in [3.8, 4) is 0 Å². The van der Waals surface area contributed by atoms with Gasteiger partial charge in [-0.3, -0.25) is 9.59 Å². The van der Waals surface area contributed by atoms with Crippen LogP contribution in [0.1, 0.15) is 25.7 Å². The molecule has 1 aliphatic heterocycles. The van der Waals surface area contributed by atoms with Crippen molar-refractivity contribution in [1.29, 1.82) is 0 Å². The largest absolute Gasteiger partial charge is 0.379 e. The summed E-state index contributed by atoms with van der Waals surface area (Å²) in [7, 11) is 0. The fourth-order valence-corrected chi connectivity index (χ4v) is 2.67. The van der Waals surface area contributed by atoms with Gasteiger partial charge in [-0.1, -0.05) is 0 Å². The van der Waals surface area contributed by atoms with Crippen LogP contribution in [-0.4, -0.2) is 37.1 Å². The molecule has 0 spiro atoms. The number of hydrogen-bond acceptors (Lipinski definition) is 4. The number of amides is 2. The molecule has 0 aromatic rings. The zero-order valence-corrected chi connectivity index (χ0v) is 10.4. The van der Waals surface area contributed by atoms with Gasteiger partial charge < -0.3 is 21.5 Å². The summed E-state index contributed by atoms with van der Waals surface area (Å²) >= 11 is 0. The molecule has 2 aliphatic rings. The summed E-state index contributed by atoms with van der Waals surface area (Å²) in [5, 5.41) is 3.00. The number of hydrogen-bond donors (Lipinski definition) is 3. The van der Waals surface area contributed by atoms with Gasteiger partial charge in [0.2, 0.25) is 11.8 Å². The Morgan fingerprint density at radius 2 is 1.78 bits per heavy atom. The van der Waals surface area contributed by atoms with Crippen LogP contribution in [0.3, 0.4) is 0 Å². The van der Waals surface area contributed by atoms with E-state index in [1.54, 1.807) is 0 Å². The third-order valence-corrected chi connectivity index (χ3v) is 3.94. The fraction of sp³-hybridized carbons (Fsp3) is 0.833. The second-order valence-electron chi connectivity index (χ2n) is 5.27. The van der Waals surface area contributed by atoms with Crippen LogP contribution in [0.4, 0.5) is 0 Å². The van der Waals surface area contributed by atoms with Crippen molar-refractivity contribution in [3.63, 3.8) is 0 Å². The first-order valence-corrected chi connectivity index (χ1v) is 6.51. The summed E-state index contributed by atoms with van der Waals surface area (Å²) in [6, 6.07) is -0.0622. The summed E-state index contributed by atoms with van der Waals surface area (Å²) in [5.74, 6) is -0.525. The van der Waals surface area contributed by atoms with Crippen LogP contribution in [-0.2, 0) is 14.3 Å². The highest BCUT2D eigenvalue weighted by atomic mass is 16.5. The molecule has 0 aromatic carbocycles. The second-order valence-corrected chi connectivity index (χ2v) is 5.27. The van der Waals surface area contributed by atoms with E-state index in [0.717, 1.165) is 25.7 Å². The monoisotopic (exact) mass is 255 g/mol. The van der Waals surface area contributed by atoms with Crippen molar-refractivity contribution < 1.29 is 14.3 Å². The number of carbonyl (C=O) groups is 2. The van der Waals surface area contributed by atoms with Crippen molar-refractivity contribution in [2.24, 2.45) is 23.3 Å². The van der Waals surface area contributed by atoms with Crippen molar-refractivity contribution in [3.05, 3.63) is 0 Å². The number of carbonyl (C=O) groups excluding carboxylic acids is 2. The Balaban J connectivity index is 1.77. The lowest BCUT2D eigenvalue weighted by Crippen LogP contribution is -2.46. The molecule has 102 valence electrons. The zero-order valence-electron chi connectivity index (χ0n) is 10.4. The smallest absolute Gasteiger partial charge is 0.227 e. The Bertz CT molecular complexity index is 327. The van der Waals surface area contributed by atoms with Gasteiger partial charge in [-0.2, -0.15) is 0 Å². The van der Waals surface area contributed by atoms with E-state index in [0.29, 0.717) is 13.2 Å². The summed E-state index contributed by atoms with van der Waals surface area (Å²) in [6.07, 6.45) is 3.13. The predicted molar refractivity (Wildman–Crippen MR) is 65.4 cm³/mol. The quantitative estimate of drug-likeness (QED) is 0.608. The maximum atomic E-state index is 12.0.